The quantitative estimate of drug-likeness (QED) is 0.147. The van der Waals surface area contributed by atoms with Crippen molar-refractivity contribution in [3.8, 4) is 67.5 Å². The smallest absolute Gasteiger partial charge is 0.423 e. The highest BCUT2D eigenvalue weighted by atomic mass is 79.9. The van der Waals surface area contributed by atoms with Crippen LogP contribution in [0.25, 0.3) is 166 Å². The Morgan fingerprint density at radius 1 is 0.248 bits per heavy atom. The number of nitrogens with zero attached hydrogens (tertiary/aromatic N) is 8. The first-order valence-electron chi connectivity index (χ1n) is 33.3. The summed E-state index contributed by atoms with van der Waals surface area (Å²) in [5, 5.41) is 25.9. The summed E-state index contributed by atoms with van der Waals surface area (Å²) in [5.41, 5.74) is 23.8. The van der Waals surface area contributed by atoms with Crippen molar-refractivity contribution in [2.45, 2.75) is 7.43 Å². The van der Waals surface area contributed by atoms with Gasteiger partial charge in [0.15, 0.2) is 0 Å². The summed E-state index contributed by atoms with van der Waals surface area (Å²) in [4.78, 5) is 20.6. The molecule has 12 heteroatoms. The summed E-state index contributed by atoms with van der Waals surface area (Å²) in [6.45, 7) is 0. The van der Waals surface area contributed by atoms with E-state index in [9.17, 15) is 10.0 Å². The maximum absolute atomic E-state index is 9.52. The van der Waals surface area contributed by atoms with Crippen LogP contribution in [-0.4, -0.2) is 55.0 Å². The van der Waals surface area contributed by atoms with Crippen molar-refractivity contribution < 1.29 is 10.0 Å². The lowest BCUT2D eigenvalue weighted by atomic mass is 9.77. The monoisotopic (exact) mass is 1360 g/mol. The van der Waals surface area contributed by atoms with Crippen LogP contribution in [-0.2, 0) is 0 Å². The van der Waals surface area contributed by atoms with Crippen LogP contribution in [0.4, 0.5) is 0 Å². The zero-order valence-corrected chi connectivity index (χ0v) is 55.3. The predicted molar refractivity (Wildman–Crippen MR) is 423 cm³/mol. The van der Waals surface area contributed by atoms with Crippen LogP contribution in [0.15, 0.2) is 344 Å². The van der Waals surface area contributed by atoms with Crippen LogP contribution < -0.4 is 5.46 Å². The molecule has 0 saturated heterocycles. The van der Waals surface area contributed by atoms with Crippen molar-refractivity contribution in [2.75, 3.05) is 0 Å². The van der Waals surface area contributed by atoms with Gasteiger partial charge < -0.3 is 10.0 Å². The number of fused-ring (bicyclic) bond motifs is 16. The Labute approximate surface area is 590 Å². The molecule has 6 aromatic heterocycles. The second-order valence-electron chi connectivity index (χ2n) is 25.0. The van der Waals surface area contributed by atoms with E-state index in [-0.39, 0.29) is 7.43 Å². The first-order chi connectivity index (χ1) is 49.3. The molecule has 0 aliphatic heterocycles. The third kappa shape index (κ3) is 11.1. The fourth-order valence-corrected chi connectivity index (χ4v) is 14.6. The van der Waals surface area contributed by atoms with Gasteiger partial charge in [-0.25, -0.2) is 19.9 Å². The molecule has 0 aliphatic rings. The summed E-state index contributed by atoms with van der Waals surface area (Å²) in [6.07, 6.45) is 0. The number of aromatic nitrogens is 8. The van der Waals surface area contributed by atoms with Crippen molar-refractivity contribution in [3.63, 3.8) is 0 Å². The largest absolute Gasteiger partial charge is 0.488 e. The van der Waals surface area contributed by atoms with Gasteiger partial charge in [0.1, 0.15) is 11.3 Å². The van der Waals surface area contributed by atoms with Crippen LogP contribution >= 0.6 is 15.9 Å². The number of hydrogen-bond acceptors (Lipinski definition) is 6. The normalized spacial score (nSPS) is 11.4. The topological polar surface area (TPSA) is 111 Å². The molecule has 0 bridgehead atoms. The SMILES string of the molecule is Brc1ccc2c(c1)c1ccccc1n2-c1nc2ccccc2c2nc3ccccc3n12.C.OB(O)c1cc(-c2ccccc2)cc(-c2ccccc2)c1.c1ccc(-c2cc(-c3ccccc3)cc(-c3ccc4c(c3)c3ccccc3n4-c3nc4ccccc4c4nc5ccccc5n34)c2)cc1. The molecule has 0 spiro atoms. The van der Waals surface area contributed by atoms with Crippen LogP contribution in [0, 0.1) is 0 Å². The summed E-state index contributed by atoms with van der Waals surface area (Å²) in [6, 6.07) is 117. The number of hydrogen-bond donors (Lipinski definition) is 2. The van der Waals surface area contributed by atoms with Crippen molar-refractivity contribution >= 4 is 127 Å². The Morgan fingerprint density at radius 2 is 0.564 bits per heavy atom. The van der Waals surface area contributed by atoms with Crippen LogP contribution in [0.1, 0.15) is 7.43 Å². The highest BCUT2D eigenvalue weighted by Crippen LogP contribution is 2.41. The lowest BCUT2D eigenvalue weighted by molar-refractivity contribution is 0.426. The van der Waals surface area contributed by atoms with Crippen LogP contribution in [0.5, 0.6) is 0 Å². The molecule has 0 radical (unpaired) electrons. The zero-order valence-electron chi connectivity index (χ0n) is 53.8. The second kappa shape index (κ2) is 26.0. The number of halogens is 1. The van der Waals surface area contributed by atoms with Gasteiger partial charge in [-0.2, -0.15) is 0 Å². The molecule has 10 nitrogen and oxygen atoms in total. The Kier molecular flexibility index (Phi) is 16.0. The van der Waals surface area contributed by atoms with Gasteiger partial charge >= 0.3 is 7.12 Å². The maximum Gasteiger partial charge on any atom is 0.488 e. The molecular formula is C89H62BBrN8O2. The summed E-state index contributed by atoms with van der Waals surface area (Å²) in [7, 11) is -1.48. The highest BCUT2D eigenvalue weighted by Gasteiger charge is 2.23. The molecule has 0 fully saturated rings. The number of rotatable bonds is 8. The Hall–Kier alpha value is -12.6. The first kappa shape index (κ1) is 62.0. The molecule has 2 N–H and O–H groups in total. The molecule has 480 valence electrons. The van der Waals surface area contributed by atoms with Gasteiger partial charge in [-0.15, -0.1) is 0 Å². The minimum absolute atomic E-state index is 0. The van der Waals surface area contributed by atoms with Crippen LogP contribution in [0.3, 0.4) is 0 Å². The molecule has 6 heterocycles. The van der Waals surface area contributed by atoms with Gasteiger partial charge in [0.05, 0.1) is 55.2 Å². The summed E-state index contributed by atoms with van der Waals surface area (Å²) < 4.78 is 10.0. The van der Waals surface area contributed by atoms with Gasteiger partial charge in [-0.1, -0.05) is 248 Å². The van der Waals surface area contributed by atoms with E-state index in [1.807, 2.05) is 103 Å². The Balaban J connectivity index is 0.000000123. The van der Waals surface area contributed by atoms with E-state index in [0.29, 0.717) is 5.46 Å². The van der Waals surface area contributed by atoms with Gasteiger partial charge in [-0.05, 0) is 176 Å². The fourth-order valence-electron chi connectivity index (χ4n) is 14.3. The van der Waals surface area contributed by atoms with Gasteiger partial charge in [0, 0.05) is 36.8 Å². The molecule has 0 atom stereocenters. The minimum atomic E-state index is -1.48. The third-order valence-corrected chi connectivity index (χ3v) is 19.4. The molecule has 101 heavy (non-hydrogen) atoms. The second-order valence-corrected chi connectivity index (χ2v) is 25.9. The van der Waals surface area contributed by atoms with Crippen molar-refractivity contribution in [1.29, 1.82) is 0 Å². The molecule has 14 aromatic carbocycles. The summed E-state index contributed by atoms with van der Waals surface area (Å²) >= 11 is 3.64. The first-order valence-corrected chi connectivity index (χ1v) is 34.1. The lowest BCUT2D eigenvalue weighted by Crippen LogP contribution is -2.29. The minimum Gasteiger partial charge on any atom is -0.423 e. The number of para-hydroxylation sites is 8. The standard InChI is InChI=1S/C44H28N4.C26H15BrN4.C18H15BO2.CH4/c1-3-13-29(14-4-1)32-25-33(30-15-5-2-6-16-30)27-34(26-32)31-23-24-41-37(28-31)35-17-8-11-21-40(35)47(41)44-46-38-19-9-7-18-36(38)43-45-39-20-10-12-22-42(39)48(43)44;27-16-13-14-23-19(15-16)17-7-2-5-11-22(17)30(23)26-29-20-9-3-1-8-18(20)25-28-21-10-4-6-12-24(21)31(25)26;20-19(21)18-12-16(14-7-3-1-4-8-14)11-17(13-18)15-9-5-2-6-10-15;/h1-28H;1-15H;1-13,20-21H;1H4. The van der Waals surface area contributed by atoms with E-state index in [1.165, 1.54) is 54.9 Å². The van der Waals surface area contributed by atoms with E-state index in [0.717, 1.165) is 116 Å². The lowest BCUT2D eigenvalue weighted by Gasteiger charge is -2.13. The van der Waals surface area contributed by atoms with E-state index >= 15 is 0 Å². The van der Waals surface area contributed by atoms with Crippen LogP contribution in [0.2, 0.25) is 0 Å². The molecule has 0 aliphatic carbocycles. The Bertz CT molecular complexity index is 6420. The molecule has 20 rings (SSSR count). The molecular weight excluding hydrogens is 1300 g/mol. The number of imidazole rings is 2. The highest BCUT2D eigenvalue weighted by molar-refractivity contribution is 9.10. The predicted octanol–water partition coefficient (Wildman–Crippen LogP) is 21.4. The number of benzene rings is 14. The average Bonchev–Trinajstić information content (AvgIpc) is 1.49. The van der Waals surface area contributed by atoms with E-state index in [1.54, 1.807) is 0 Å². The summed E-state index contributed by atoms with van der Waals surface area (Å²) in [5.74, 6) is 1.67. The van der Waals surface area contributed by atoms with E-state index in [4.69, 9.17) is 19.9 Å². The van der Waals surface area contributed by atoms with Gasteiger partial charge in [-0.3, -0.25) is 17.9 Å². The van der Waals surface area contributed by atoms with Gasteiger partial charge in [0.2, 0.25) is 11.9 Å². The van der Waals surface area contributed by atoms with Crippen molar-refractivity contribution in [1.82, 2.24) is 37.9 Å². The van der Waals surface area contributed by atoms with E-state index in [2.05, 4.69) is 270 Å². The van der Waals surface area contributed by atoms with E-state index < -0.39 is 7.12 Å². The van der Waals surface area contributed by atoms with Gasteiger partial charge in [0.25, 0.3) is 0 Å². The average molecular weight is 1370 g/mol. The maximum atomic E-state index is 9.52. The fraction of sp³-hybridized carbons (Fsp3) is 0.0112. The molecule has 0 saturated carbocycles. The van der Waals surface area contributed by atoms with Crippen molar-refractivity contribution in [2.24, 2.45) is 0 Å². The molecule has 0 unspecified atom stereocenters. The molecule has 20 aromatic rings. The Morgan fingerprint density at radius 3 is 0.980 bits per heavy atom. The zero-order chi connectivity index (χ0) is 66.8. The third-order valence-electron chi connectivity index (χ3n) is 18.9. The molecule has 0 amide bonds. The van der Waals surface area contributed by atoms with Crippen molar-refractivity contribution in [3.05, 3.63) is 344 Å².